The van der Waals surface area contributed by atoms with Crippen LogP contribution in [0.3, 0.4) is 0 Å². The van der Waals surface area contributed by atoms with E-state index in [0.29, 0.717) is 5.56 Å². The highest BCUT2D eigenvalue weighted by Gasteiger charge is 2.26. The van der Waals surface area contributed by atoms with E-state index >= 15 is 0 Å². The molecule has 0 fully saturated rings. The summed E-state index contributed by atoms with van der Waals surface area (Å²) in [5.74, 6) is -0.840. The smallest absolute Gasteiger partial charge is 0.342 e. The predicted molar refractivity (Wildman–Crippen MR) is 113 cm³/mol. The van der Waals surface area contributed by atoms with Crippen molar-refractivity contribution in [2.24, 2.45) is 0 Å². The van der Waals surface area contributed by atoms with Crippen molar-refractivity contribution >= 4 is 28.9 Å². The molecule has 5 nitrogen and oxygen atoms in total. The van der Waals surface area contributed by atoms with Crippen LogP contribution in [0.5, 0.6) is 0 Å². The molecule has 6 heteroatoms. The Balaban J connectivity index is 1.79. The van der Waals surface area contributed by atoms with Gasteiger partial charge in [-0.05, 0) is 63.4 Å². The van der Waals surface area contributed by atoms with E-state index in [0.717, 1.165) is 32.3 Å². The molecule has 0 bridgehead atoms. The van der Waals surface area contributed by atoms with Crippen molar-refractivity contribution in [3.8, 4) is 5.00 Å². The Morgan fingerprint density at radius 1 is 1.04 bits per heavy atom. The summed E-state index contributed by atoms with van der Waals surface area (Å²) in [5, 5.41) is 3.68. The summed E-state index contributed by atoms with van der Waals surface area (Å²) in [6.45, 7) is 9.32. The van der Waals surface area contributed by atoms with Crippen molar-refractivity contribution in [2.45, 2.75) is 40.7 Å². The van der Waals surface area contributed by atoms with Crippen LogP contribution in [0.4, 0.5) is 5.69 Å². The summed E-state index contributed by atoms with van der Waals surface area (Å²) in [6.07, 6.45) is 2.86. The highest BCUT2D eigenvalue weighted by molar-refractivity contribution is 7.15. The Bertz CT molecular complexity index is 999. The van der Waals surface area contributed by atoms with Gasteiger partial charge in [0.2, 0.25) is 0 Å². The maximum absolute atomic E-state index is 12.9. The van der Waals surface area contributed by atoms with Gasteiger partial charge < -0.3 is 14.6 Å². The number of amides is 1. The van der Waals surface area contributed by atoms with Gasteiger partial charge in [0, 0.05) is 23.0 Å². The SMILES string of the molecule is Cc1cccc(C)c1NC(=O)[C@@H](C)OC(=O)c1c(-n2cccc2)sc(C)c1C. The second-order valence-electron chi connectivity index (χ2n) is 6.86. The van der Waals surface area contributed by atoms with Gasteiger partial charge in [-0.15, -0.1) is 11.3 Å². The van der Waals surface area contributed by atoms with E-state index in [4.69, 9.17) is 4.74 Å². The molecule has 1 N–H and O–H groups in total. The Morgan fingerprint density at radius 3 is 2.25 bits per heavy atom. The van der Waals surface area contributed by atoms with Crippen molar-refractivity contribution in [3.05, 3.63) is 69.9 Å². The van der Waals surface area contributed by atoms with E-state index in [9.17, 15) is 9.59 Å². The number of esters is 1. The number of ether oxygens (including phenoxy) is 1. The lowest BCUT2D eigenvalue weighted by Gasteiger charge is -2.16. The number of anilines is 1. The highest BCUT2D eigenvalue weighted by Crippen LogP contribution is 2.32. The Morgan fingerprint density at radius 2 is 1.64 bits per heavy atom. The molecule has 1 amide bonds. The number of hydrogen-bond acceptors (Lipinski definition) is 4. The summed E-state index contributed by atoms with van der Waals surface area (Å²) >= 11 is 1.53. The molecule has 2 aromatic heterocycles. The normalized spacial score (nSPS) is 11.9. The molecule has 3 aromatic rings. The molecule has 0 aliphatic heterocycles. The molecule has 1 atom stereocenters. The van der Waals surface area contributed by atoms with Gasteiger partial charge in [-0.3, -0.25) is 4.79 Å². The van der Waals surface area contributed by atoms with E-state index in [1.807, 2.05) is 75.0 Å². The third-order valence-corrected chi connectivity index (χ3v) is 6.01. The fraction of sp³-hybridized carbons (Fsp3) is 0.273. The van der Waals surface area contributed by atoms with Crippen LogP contribution in [0.2, 0.25) is 0 Å². The third-order valence-electron chi connectivity index (χ3n) is 4.79. The molecule has 28 heavy (non-hydrogen) atoms. The minimum absolute atomic E-state index is 0.349. The van der Waals surface area contributed by atoms with Crippen LogP contribution in [0.25, 0.3) is 5.00 Å². The maximum atomic E-state index is 12.9. The molecular formula is C22H24N2O3S. The van der Waals surface area contributed by atoms with Gasteiger partial charge in [-0.1, -0.05) is 18.2 Å². The number of carbonyl (C=O) groups excluding carboxylic acids is 2. The molecule has 2 heterocycles. The lowest BCUT2D eigenvalue weighted by molar-refractivity contribution is -0.123. The zero-order valence-corrected chi connectivity index (χ0v) is 17.5. The first kappa shape index (κ1) is 19.9. The summed E-state index contributed by atoms with van der Waals surface area (Å²) in [7, 11) is 0. The van der Waals surface area contributed by atoms with Gasteiger partial charge in [0.15, 0.2) is 6.10 Å². The average molecular weight is 397 g/mol. The van der Waals surface area contributed by atoms with Crippen LogP contribution in [0.1, 0.15) is 38.8 Å². The third kappa shape index (κ3) is 3.87. The first-order valence-electron chi connectivity index (χ1n) is 9.11. The second kappa shape index (κ2) is 8.02. The lowest BCUT2D eigenvalue weighted by atomic mass is 10.1. The Labute approximate surface area is 169 Å². The van der Waals surface area contributed by atoms with E-state index in [1.165, 1.54) is 11.3 Å². The van der Waals surface area contributed by atoms with Crippen LogP contribution >= 0.6 is 11.3 Å². The highest BCUT2D eigenvalue weighted by atomic mass is 32.1. The number of nitrogens with zero attached hydrogens (tertiary/aromatic N) is 1. The Hall–Kier alpha value is -2.86. The summed E-state index contributed by atoms with van der Waals surface area (Å²) in [5.41, 5.74) is 4.06. The van der Waals surface area contributed by atoms with Gasteiger partial charge in [0.05, 0.1) is 5.56 Å². The first-order chi connectivity index (χ1) is 13.3. The second-order valence-corrected chi connectivity index (χ2v) is 8.06. The van der Waals surface area contributed by atoms with Crippen molar-refractivity contribution in [2.75, 3.05) is 5.32 Å². The molecule has 0 aliphatic rings. The molecule has 0 unspecified atom stereocenters. The Kier molecular flexibility index (Phi) is 5.70. The number of hydrogen-bond donors (Lipinski definition) is 1. The molecule has 0 saturated heterocycles. The standard InChI is InChI=1S/C22H24N2O3S/c1-13-9-8-10-14(2)19(13)23-20(25)16(4)27-22(26)18-15(3)17(5)28-21(18)24-11-6-7-12-24/h6-12,16H,1-5H3,(H,23,25)/t16-/m1/s1. The molecule has 1 aromatic carbocycles. The summed E-state index contributed by atoms with van der Waals surface area (Å²) in [4.78, 5) is 26.5. The molecule has 0 aliphatic carbocycles. The van der Waals surface area contributed by atoms with Crippen LogP contribution in [-0.4, -0.2) is 22.5 Å². The maximum Gasteiger partial charge on any atom is 0.342 e. The van der Waals surface area contributed by atoms with Crippen LogP contribution in [0, 0.1) is 27.7 Å². The van der Waals surface area contributed by atoms with Crippen LogP contribution in [-0.2, 0) is 9.53 Å². The lowest BCUT2D eigenvalue weighted by Crippen LogP contribution is -2.30. The number of aromatic nitrogens is 1. The largest absolute Gasteiger partial charge is 0.449 e. The quantitative estimate of drug-likeness (QED) is 0.620. The summed E-state index contributed by atoms with van der Waals surface area (Å²) in [6, 6.07) is 9.61. The van der Waals surface area contributed by atoms with E-state index in [2.05, 4.69) is 5.32 Å². The number of benzene rings is 1. The zero-order chi connectivity index (χ0) is 20.4. The van der Waals surface area contributed by atoms with Crippen molar-refractivity contribution in [1.29, 1.82) is 0 Å². The van der Waals surface area contributed by atoms with E-state index < -0.39 is 12.1 Å². The van der Waals surface area contributed by atoms with E-state index in [-0.39, 0.29) is 5.91 Å². The van der Waals surface area contributed by atoms with Crippen molar-refractivity contribution in [1.82, 2.24) is 4.57 Å². The van der Waals surface area contributed by atoms with Crippen molar-refractivity contribution < 1.29 is 14.3 Å². The van der Waals surface area contributed by atoms with Crippen LogP contribution < -0.4 is 5.32 Å². The van der Waals surface area contributed by atoms with Gasteiger partial charge >= 0.3 is 5.97 Å². The number of aryl methyl sites for hydroxylation is 3. The molecular weight excluding hydrogens is 372 g/mol. The topological polar surface area (TPSA) is 60.3 Å². The molecule has 3 rings (SSSR count). The number of thiophene rings is 1. The fourth-order valence-electron chi connectivity index (χ4n) is 3.01. The number of rotatable bonds is 5. The summed E-state index contributed by atoms with van der Waals surface area (Å²) < 4.78 is 7.42. The molecule has 0 radical (unpaired) electrons. The predicted octanol–water partition coefficient (Wildman–Crippen LogP) is 4.96. The van der Waals surface area contributed by atoms with Gasteiger partial charge in [0.25, 0.3) is 5.91 Å². The molecule has 146 valence electrons. The minimum atomic E-state index is -0.913. The number of para-hydroxylation sites is 1. The van der Waals surface area contributed by atoms with Crippen LogP contribution in [0.15, 0.2) is 42.7 Å². The fourth-order valence-corrected chi connectivity index (χ4v) is 4.12. The van der Waals surface area contributed by atoms with Crippen molar-refractivity contribution in [3.63, 3.8) is 0 Å². The minimum Gasteiger partial charge on any atom is -0.449 e. The average Bonchev–Trinajstić information content (AvgIpc) is 3.27. The van der Waals surface area contributed by atoms with Gasteiger partial charge in [-0.25, -0.2) is 4.79 Å². The first-order valence-corrected chi connectivity index (χ1v) is 9.92. The van der Waals surface area contributed by atoms with Gasteiger partial charge in [0.1, 0.15) is 5.00 Å². The number of carbonyl (C=O) groups is 2. The van der Waals surface area contributed by atoms with E-state index in [1.54, 1.807) is 6.92 Å². The molecule has 0 spiro atoms. The monoisotopic (exact) mass is 396 g/mol. The number of nitrogens with one attached hydrogen (secondary N) is 1. The van der Waals surface area contributed by atoms with Gasteiger partial charge in [-0.2, -0.15) is 0 Å². The molecule has 0 saturated carbocycles. The zero-order valence-electron chi connectivity index (χ0n) is 16.7.